The van der Waals surface area contributed by atoms with Gasteiger partial charge in [0, 0.05) is 30.7 Å². The Bertz CT molecular complexity index is 392. The molecule has 2 N–H and O–H groups in total. The maximum Gasteiger partial charge on any atom is 0.0352 e. The molecule has 4 unspecified atom stereocenters. The van der Waals surface area contributed by atoms with Crippen LogP contribution in [0.25, 0.3) is 0 Å². The van der Waals surface area contributed by atoms with E-state index in [2.05, 4.69) is 34.5 Å². The molecule has 0 amide bonds. The van der Waals surface area contributed by atoms with E-state index in [1.165, 1.54) is 71.4 Å². The zero-order chi connectivity index (χ0) is 14.5. The van der Waals surface area contributed by atoms with Gasteiger partial charge >= 0.3 is 0 Å². The third-order valence-corrected chi connectivity index (χ3v) is 6.81. The molecule has 4 rings (SSSR count). The minimum absolute atomic E-state index is 0.428. The number of likely N-dealkylation sites (N-methyl/N-ethyl adjacent to an activating group) is 2. The van der Waals surface area contributed by atoms with E-state index in [1.807, 2.05) is 0 Å². The summed E-state index contributed by atoms with van der Waals surface area (Å²) in [5, 5.41) is 7.79. The maximum absolute atomic E-state index is 3.92. The van der Waals surface area contributed by atoms with Gasteiger partial charge in [-0.15, -0.1) is 0 Å². The molecule has 4 atom stereocenters. The van der Waals surface area contributed by atoms with E-state index in [-0.39, 0.29) is 0 Å². The molecule has 4 aliphatic heterocycles. The van der Waals surface area contributed by atoms with E-state index < -0.39 is 0 Å². The summed E-state index contributed by atoms with van der Waals surface area (Å²) in [7, 11) is 4.63. The van der Waals surface area contributed by atoms with Gasteiger partial charge in [-0.05, 0) is 77.7 Å². The van der Waals surface area contributed by atoms with Crippen molar-refractivity contribution in [3.8, 4) is 0 Å². The standard InChI is InChI=1S/C17H32N4/c1-20-9-6-17(13-20)15(4-8-19-17)14-10-16(5-3-7-18-16)12-21(2)11-14/h14-15,18-19H,3-13H2,1-2H3. The Labute approximate surface area is 129 Å². The average molecular weight is 292 g/mol. The van der Waals surface area contributed by atoms with Gasteiger partial charge in [0.2, 0.25) is 0 Å². The summed E-state index contributed by atoms with van der Waals surface area (Å²) >= 11 is 0. The van der Waals surface area contributed by atoms with Gasteiger partial charge in [-0.3, -0.25) is 0 Å². The molecule has 0 saturated carbocycles. The Hall–Kier alpha value is -0.160. The predicted octanol–water partition coefficient (Wildman–Crippen LogP) is 0.744. The van der Waals surface area contributed by atoms with Crippen molar-refractivity contribution in [2.75, 3.05) is 53.4 Å². The van der Waals surface area contributed by atoms with Crippen molar-refractivity contribution in [3.05, 3.63) is 0 Å². The van der Waals surface area contributed by atoms with E-state index in [1.54, 1.807) is 0 Å². The number of hydrogen-bond acceptors (Lipinski definition) is 4. The first-order valence-corrected chi connectivity index (χ1v) is 8.98. The quantitative estimate of drug-likeness (QED) is 0.746. The molecule has 0 aromatic rings. The van der Waals surface area contributed by atoms with Crippen LogP contribution in [0.2, 0.25) is 0 Å². The molecular formula is C17H32N4. The fourth-order valence-electron chi connectivity index (χ4n) is 6.11. The lowest BCUT2D eigenvalue weighted by Crippen LogP contribution is -2.59. The molecule has 0 radical (unpaired) electrons. The number of nitrogens with zero attached hydrogens (tertiary/aromatic N) is 2. The molecule has 0 aliphatic carbocycles. The fraction of sp³-hybridized carbons (Fsp3) is 1.00. The van der Waals surface area contributed by atoms with Crippen molar-refractivity contribution in [2.45, 2.75) is 43.2 Å². The second-order valence-electron chi connectivity index (χ2n) is 8.44. The van der Waals surface area contributed by atoms with Crippen LogP contribution in [0.15, 0.2) is 0 Å². The van der Waals surface area contributed by atoms with Gasteiger partial charge in [-0.25, -0.2) is 0 Å². The summed E-state index contributed by atoms with van der Waals surface area (Å²) < 4.78 is 0. The van der Waals surface area contributed by atoms with Crippen LogP contribution in [-0.2, 0) is 0 Å². The molecule has 4 nitrogen and oxygen atoms in total. The van der Waals surface area contributed by atoms with Crippen LogP contribution in [-0.4, -0.2) is 74.2 Å². The molecule has 0 bridgehead atoms. The monoisotopic (exact) mass is 292 g/mol. The average Bonchev–Trinajstić information content (AvgIpc) is 3.12. The van der Waals surface area contributed by atoms with Crippen molar-refractivity contribution < 1.29 is 0 Å². The number of rotatable bonds is 1. The van der Waals surface area contributed by atoms with Gasteiger partial charge in [-0.2, -0.15) is 0 Å². The number of hydrogen-bond donors (Lipinski definition) is 2. The summed E-state index contributed by atoms with van der Waals surface area (Å²) in [6, 6.07) is 0. The summed E-state index contributed by atoms with van der Waals surface area (Å²) in [5.41, 5.74) is 0.864. The van der Waals surface area contributed by atoms with Crippen LogP contribution < -0.4 is 10.6 Å². The van der Waals surface area contributed by atoms with E-state index in [0.717, 1.165) is 11.8 Å². The summed E-state index contributed by atoms with van der Waals surface area (Å²) in [5.74, 6) is 1.75. The summed E-state index contributed by atoms with van der Waals surface area (Å²) in [4.78, 5) is 5.14. The number of likely N-dealkylation sites (tertiary alicyclic amines) is 2. The van der Waals surface area contributed by atoms with Gasteiger partial charge in [0.05, 0.1) is 0 Å². The molecule has 120 valence electrons. The summed E-state index contributed by atoms with van der Waals surface area (Å²) in [6.07, 6.45) is 6.92. The van der Waals surface area contributed by atoms with Crippen molar-refractivity contribution in [1.29, 1.82) is 0 Å². The topological polar surface area (TPSA) is 30.5 Å². The van der Waals surface area contributed by atoms with Gasteiger partial charge < -0.3 is 20.4 Å². The highest BCUT2D eigenvalue weighted by molar-refractivity contribution is 5.10. The molecule has 4 fully saturated rings. The third-order valence-electron chi connectivity index (χ3n) is 6.81. The van der Waals surface area contributed by atoms with Crippen LogP contribution in [0.4, 0.5) is 0 Å². The molecule has 4 saturated heterocycles. The van der Waals surface area contributed by atoms with Crippen LogP contribution in [0.3, 0.4) is 0 Å². The highest BCUT2D eigenvalue weighted by Crippen LogP contribution is 2.45. The fourth-order valence-corrected chi connectivity index (χ4v) is 6.11. The van der Waals surface area contributed by atoms with E-state index in [0.29, 0.717) is 11.1 Å². The van der Waals surface area contributed by atoms with Crippen LogP contribution in [0.5, 0.6) is 0 Å². The van der Waals surface area contributed by atoms with Crippen molar-refractivity contribution in [3.63, 3.8) is 0 Å². The molecular weight excluding hydrogens is 260 g/mol. The lowest BCUT2D eigenvalue weighted by atomic mass is 9.69. The molecule has 0 aromatic carbocycles. The highest BCUT2D eigenvalue weighted by Gasteiger charge is 2.52. The Morgan fingerprint density at radius 2 is 1.90 bits per heavy atom. The maximum atomic E-state index is 3.92. The smallest absolute Gasteiger partial charge is 0.0352 e. The number of nitrogens with one attached hydrogen (secondary N) is 2. The van der Waals surface area contributed by atoms with E-state index in [9.17, 15) is 0 Å². The van der Waals surface area contributed by atoms with Crippen LogP contribution in [0.1, 0.15) is 32.1 Å². The van der Waals surface area contributed by atoms with Crippen molar-refractivity contribution in [1.82, 2.24) is 20.4 Å². The first kappa shape index (κ1) is 14.4. The van der Waals surface area contributed by atoms with Crippen molar-refractivity contribution >= 4 is 0 Å². The van der Waals surface area contributed by atoms with Crippen LogP contribution in [0, 0.1) is 11.8 Å². The highest BCUT2D eigenvalue weighted by atomic mass is 15.2. The van der Waals surface area contributed by atoms with Gasteiger partial charge in [-0.1, -0.05) is 0 Å². The Morgan fingerprint density at radius 3 is 2.62 bits per heavy atom. The Balaban J connectivity index is 1.54. The van der Waals surface area contributed by atoms with Gasteiger partial charge in [0.15, 0.2) is 0 Å². The van der Waals surface area contributed by atoms with Gasteiger partial charge in [0.1, 0.15) is 0 Å². The lowest BCUT2D eigenvalue weighted by molar-refractivity contribution is 0.0580. The SMILES string of the molecule is CN1CC(C2CCNC23CCN(C)C3)CC2(CCCN2)C1. The predicted molar refractivity (Wildman–Crippen MR) is 86.5 cm³/mol. The molecule has 4 heteroatoms. The second kappa shape index (κ2) is 5.19. The molecule has 0 aromatic heterocycles. The van der Waals surface area contributed by atoms with Crippen molar-refractivity contribution in [2.24, 2.45) is 11.8 Å². The Morgan fingerprint density at radius 1 is 1.00 bits per heavy atom. The van der Waals surface area contributed by atoms with E-state index >= 15 is 0 Å². The molecule has 4 aliphatic rings. The second-order valence-corrected chi connectivity index (χ2v) is 8.44. The first-order chi connectivity index (χ1) is 10.1. The zero-order valence-corrected chi connectivity index (χ0v) is 13.8. The molecule has 4 heterocycles. The normalized spacial score (nSPS) is 48.9. The molecule has 2 spiro atoms. The summed E-state index contributed by atoms with van der Waals surface area (Å²) in [6.45, 7) is 7.57. The largest absolute Gasteiger partial charge is 0.310 e. The minimum Gasteiger partial charge on any atom is -0.310 e. The minimum atomic E-state index is 0.428. The van der Waals surface area contributed by atoms with Crippen LogP contribution >= 0.6 is 0 Å². The molecule has 21 heavy (non-hydrogen) atoms. The lowest BCUT2D eigenvalue weighted by Gasteiger charge is -2.48. The number of piperidine rings is 1. The third kappa shape index (κ3) is 2.44. The van der Waals surface area contributed by atoms with E-state index in [4.69, 9.17) is 0 Å². The Kier molecular flexibility index (Phi) is 3.57. The first-order valence-electron chi connectivity index (χ1n) is 8.98. The van der Waals surface area contributed by atoms with Gasteiger partial charge in [0.25, 0.3) is 0 Å². The zero-order valence-electron chi connectivity index (χ0n) is 13.8.